The number of hydrogen-bond acceptors (Lipinski definition) is 2. The van der Waals surface area contributed by atoms with Gasteiger partial charge in [0, 0.05) is 12.0 Å². The smallest absolute Gasteiger partial charge is 0.234 e. The normalized spacial score (nSPS) is 10.7. The van der Waals surface area contributed by atoms with Gasteiger partial charge in [0.05, 0.1) is 6.07 Å². The lowest BCUT2D eigenvalue weighted by atomic mass is 9.84. The van der Waals surface area contributed by atoms with Crippen LogP contribution in [0.25, 0.3) is 0 Å². The van der Waals surface area contributed by atoms with Crippen molar-refractivity contribution in [3.8, 4) is 6.07 Å². The van der Waals surface area contributed by atoms with E-state index in [0.717, 1.165) is 5.56 Å². The Morgan fingerprint density at radius 3 is 2.53 bits per heavy atom. The van der Waals surface area contributed by atoms with Gasteiger partial charge in [0.1, 0.15) is 12.2 Å². The van der Waals surface area contributed by atoms with Gasteiger partial charge in [0.25, 0.3) is 0 Å². The van der Waals surface area contributed by atoms with E-state index < -0.39 is 0 Å². The summed E-state index contributed by atoms with van der Waals surface area (Å²) in [6.07, 6.45) is -0.139. The molecule has 3 nitrogen and oxygen atoms in total. The molecule has 1 amide bonds. The Balaban J connectivity index is 2.65. The van der Waals surface area contributed by atoms with E-state index in [9.17, 15) is 9.18 Å². The summed E-state index contributed by atoms with van der Waals surface area (Å²) in [5, 5.41) is 11.0. The Hall–Kier alpha value is -1.89. The number of nitrogens with one attached hydrogen (secondary N) is 1. The topological polar surface area (TPSA) is 52.9 Å². The highest BCUT2D eigenvalue weighted by atomic mass is 19.1. The van der Waals surface area contributed by atoms with Crippen LogP contribution in [-0.4, -0.2) is 12.5 Å². The molecule has 0 fully saturated rings. The molecule has 0 atom stereocenters. The highest BCUT2D eigenvalue weighted by Gasteiger charge is 2.21. The van der Waals surface area contributed by atoms with Crippen LogP contribution in [0.3, 0.4) is 0 Å². The second-order valence-electron chi connectivity index (χ2n) is 4.50. The third-order valence-electron chi connectivity index (χ3n) is 2.59. The minimum Gasteiger partial charge on any atom is -0.354 e. The van der Waals surface area contributed by atoms with Crippen molar-refractivity contribution in [3.63, 3.8) is 0 Å². The molecule has 0 unspecified atom stereocenters. The van der Waals surface area contributed by atoms with Crippen molar-refractivity contribution in [1.82, 2.24) is 5.32 Å². The van der Waals surface area contributed by atoms with Gasteiger partial charge in [0.15, 0.2) is 0 Å². The van der Waals surface area contributed by atoms with Crippen LogP contribution in [0.4, 0.5) is 4.39 Å². The lowest BCUT2D eigenvalue weighted by molar-refractivity contribution is -0.120. The number of hydrogen-bond donors (Lipinski definition) is 1. The zero-order valence-electron chi connectivity index (χ0n) is 9.96. The lowest BCUT2D eigenvalue weighted by Crippen LogP contribution is -2.36. The molecule has 0 heterocycles. The van der Waals surface area contributed by atoms with Crippen LogP contribution in [0.2, 0.25) is 0 Å². The van der Waals surface area contributed by atoms with Crippen molar-refractivity contribution < 1.29 is 9.18 Å². The standard InChI is InChI=1S/C13H15FN2O/c1-13(2,9-16-12(17)7-8-15)10-3-5-11(14)6-4-10/h3-6H,7,9H2,1-2H3,(H,16,17). The van der Waals surface area contributed by atoms with Gasteiger partial charge in [-0.05, 0) is 17.7 Å². The maximum absolute atomic E-state index is 12.8. The largest absolute Gasteiger partial charge is 0.354 e. The molecule has 4 heteroatoms. The van der Waals surface area contributed by atoms with Crippen LogP contribution in [0.5, 0.6) is 0 Å². The Bertz CT molecular complexity index is 432. The molecule has 0 aliphatic carbocycles. The summed E-state index contributed by atoms with van der Waals surface area (Å²) in [7, 11) is 0. The third-order valence-corrected chi connectivity index (χ3v) is 2.59. The van der Waals surface area contributed by atoms with Crippen molar-refractivity contribution in [2.75, 3.05) is 6.54 Å². The summed E-state index contributed by atoms with van der Waals surface area (Å²) in [5.41, 5.74) is 0.648. The fourth-order valence-corrected chi connectivity index (χ4v) is 1.46. The van der Waals surface area contributed by atoms with Crippen molar-refractivity contribution in [2.24, 2.45) is 0 Å². The highest BCUT2D eigenvalue weighted by molar-refractivity contribution is 5.78. The van der Waals surface area contributed by atoms with Crippen molar-refractivity contribution in [2.45, 2.75) is 25.7 Å². The Labute approximate surface area is 100 Å². The van der Waals surface area contributed by atoms with Gasteiger partial charge < -0.3 is 5.32 Å². The predicted molar refractivity (Wildman–Crippen MR) is 62.7 cm³/mol. The minimum absolute atomic E-state index is 0.139. The molecule has 0 saturated heterocycles. The molecule has 0 radical (unpaired) electrons. The van der Waals surface area contributed by atoms with Gasteiger partial charge in [-0.1, -0.05) is 26.0 Å². The first-order chi connectivity index (χ1) is 7.95. The van der Waals surface area contributed by atoms with Crippen LogP contribution in [0.15, 0.2) is 24.3 Å². The average molecular weight is 234 g/mol. The van der Waals surface area contributed by atoms with Gasteiger partial charge in [0.2, 0.25) is 5.91 Å². The van der Waals surface area contributed by atoms with Gasteiger partial charge in [-0.15, -0.1) is 0 Å². The molecule has 1 aromatic rings. The molecule has 0 saturated carbocycles. The summed E-state index contributed by atoms with van der Waals surface area (Å²) in [4.78, 5) is 11.2. The first kappa shape index (κ1) is 13.2. The minimum atomic E-state index is -0.293. The molecule has 0 aliphatic rings. The van der Waals surface area contributed by atoms with Crippen LogP contribution in [0, 0.1) is 17.1 Å². The van der Waals surface area contributed by atoms with Crippen LogP contribution in [-0.2, 0) is 10.2 Å². The van der Waals surface area contributed by atoms with Crippen LogP contribution < -0.4 is 5.32 Å². The molecule has 1 N–H and O–H groups in total. The van der Waals surface area contributed by atoms with E-state index in [-0.39, 0.29) is 23.6 Å². The number of halogens is 1. The molecule has 17 heavy (non-hydrogen) atoms. The zero-order chi connectivity index (χ0) is 12.9. The summed E-state index contributed by atoms with van der Waals surface area (Å²) in [5.74, 6) is -0.569. The molecular formula is C13H15FN2O. The SMILES string of the molecule is CC(C)(CNC(=O)CC#N)c1ccc(F)cc1. The van der Waals surface area contributed by atoms with E-state index in [2.05, 4.69) is 5.32 Å². The second kappa shape index (κ2) is 5.44. The van der Waals surface area contributed by atoms with E-state index in [1.165, 1.54) is 12.1 Å². The molecule has 0 aromatic heterocycles. The Kier molecular flexibility index (Phi) is 4.22. The summed E-state index contributed by atoms with van der Waals surface area (Å²) >= 11 is 0. The summed E-state index contributed by atoms with van der Waals surface area (Å²) in [6, 6.07) is 7.98. The van der Waals surface area contributed by atoms with Crippen LogP contribution >= 0.6 is 0 Å². The van der Waals surface area contributed by atoms with E-state index >= 15 is 0 Å². The van der Waals surface area contributed by atoms with Crippen molar-refractivity contribution in [1.29, 1.82) is 5.26 Å². The fraction of sp³-hybridized carbons (Fsp3) is 0.385. The van der Waals surface area contributed by atoms with Crippen molar-refractivity contribution >= 4 is 5.91 Å². The first-order valence-corrected chi connectivity index (χ1v) is 5.35. The lowest BCUT2D eigenvalue weighted by Gasteiger charge is -2.25. The number of carbonyl (C=O) groups is 1. The van der Waals surface area contributed by atoms with Gasteiger partial charge in [-0.2, -0.15) is 5.26 Å². The molecule has 0 aliphatic heterocycles. The number of carbonyl (C=O) groups excluding carboxylic acids is 1. The molecule has 0 bridgehead atoms. The quantitative estimate of drug-likeness (QED) is 0.867. The zero-order valence-corrected chi connectivity index (χ0v) is 9.96. The Morgan fingerprint density at radius 1 is 1.41 bits per heavy atom. The van der Waals surface area contributed by atoms with E-state index in [1.807, 2.05) is 13.8 Å². The number of nitriles is 1. The highest BCUT2D eigenvalue weighted by Crippen LogP contribution is 2.22. The van der Waals surface area contributed by atoms with Crippen molar-refractivity contribution in [3.05, 3.63) is 35.6 Å². The number of amides is 1. The molecule has 0 spiro atoms. The van der Waals surface area contributed by atoms with Gasteiger partial charge >= 0.3 is 0 Å². The summed E-state index contributed by atoms with van der Waals surface area (Å²) < 4.78 is 12.8. The van der Waals surface area contributed by atoms with Crippen LogP contribution in [0.1, 0.15) is 25.8 Å². The maximum Gasteiger partial charge on any atom is 0.234 e. The van der Waals surface area contributed by atoms with Gasteiger partial charge in [-0.25, -0.2) is 4.39 Å². The van der Waals surface area contributed by atoms with Gasteiger partial charge in [-0.3, -0.25) is 4.79 Å². The number of benzene rings is 1. The third kappa shape index (κ3) is 3.87. The average Bonchev–Trinajstić information content (AvgIpc) is 2.28. The van der Waals surface area contributed by atoms with E-state index in [4.69, 9.17) is 5.26 Å². The monoisotopic (exact) mass is 234 g/mol. The first-order valence-electron chi connectivity index (χ1n) is 5.35. The molecule has 90 valence electrons. The molecule has 1 rings (SSSR count). The fourth-order valence-electron chi connectivity index (χ4n) is 1.46. The maximum atomic E-state index is 12.8. The van der Waals surface area contributed by atoms with E-state index in [1.54, 1.807) is 18.2 Å². The predicted octanol–water partition coefficient (Wildman–Crippen LogP) is 2.13. The second-order valence-corrected chi connectivity index (χ2v) is 4.50. The summed E-state index contributed by atoms with van der Waals surface area (Å²) in [6.45, 7) is 4.32. The Morgan fingerprint density at radius 2 is 2.00 bits per heavy atom. The molecule has 1 aromatic carbocycles. The number of rotatable bonds is 4. The number of nitrogens with zero attached hydrogens (tertiary/aromatic N) is 1. The van der Waals surface area contributed by atoms with E-state index in [0.29, 0.717) is 6.54 Å². The molecular weight excluding hydrogens is 219 g/mol.